The van der Waals surface area contributed by atoms with E-state index in [0.29, 0.717) is 29.6 Å². The Morgan fingerprint density at radius 1 is 1.13 bits per heavy atom. The number of carbonyl (C=O) groups excluding carboxylic acids is 3. The van der Waals surface area contributed by atoms with Crippen LogP contribution in [0.5, 0.6) is 0 Å². The lowest BCUT2D eigenvalue weighted by atomic mass is 10.1. The average molecular weight is 440 g/mol. The Hall–Kier alpha value is -3.13. The van der Waals surface area contributed by atoms with Crippen LogP contribution in [0.1, 0.15) is 29.3 Å². The van der Waals surface area contributed by atoms with Gasteiger partial charge in [0.25, 0.3) is 0 Å². The summed E-state index contributed by atoms with van der Waals surface area (Å²) >= 11 is 1.27. The number of hydrogen-bond donors (Lipinski definition) is 1. The summed E-state index contributed by atoms with van der Waals surface area (Å²) < 4.78 is 4.97. The van der Waals surface area contributed by atoms with Crippen LogP contribution in [0.4, 0.5) is 5.69 Å². The van der Waals surface area contributed by atoms with E-state index in [2.05, 4.69) is 10.3 Å². The highest BCUT2D eigenvalue weighted by molar-refractivity contribution is 8.15. The summed E-state index contributed by atoms with van der Waals surface area (Å²) in [5.41, 5.74) is 2.21. The molecule has 1 saturated heterocycles. The van der Waals surface area contributed by atoms with Gasteiger partial charge in [0.05, 0.1) is 17.9 Å². The molecular weight excluding hydrogens is 414 g/mol. The van der Waals surface area contributed by atoms with Crippen molar-refractivity contribution >= 4 is 40.4 Å². The Bertz CT molecular complexity index is 961. The third-order valence-electron chi connectivity index (χ3n) is 4.69. The predicted molar refractivity (Wildman–Crippen MR) is 121 cm³/mol. The van der Waals surface area contributed by atoms with Crippen LogP contribution in [0.15, 0.2) is 59.6 Å². The smallest absolute Gasteiger partial charge is 0.338 e. The lowest BCUT2D eigenvalue weighted by molar-refractivity contribution is -0.128. The maximum atomic E-state index is 12.5. The standard InChI is InChI=1S/C23H25N3O4S/c1-3-30-22(29)17-9-11-18(12-10-17)25-23-26(2)21(28)19(31-23)15-20(27)24-14-13-16-7-5-4-6-8-16/h4-12,19H,3,13-15H2,1-2H3,(H,24,27)/t19-/m0/s1. The van der Waals surface area contributed by atoms with Gasteiger partial charge in [-0.15, -0.1) is 0 Å². The number of nitrogens with one attached hydrogen (secondary N) is 1. The molecule has 8 heteroatoms. The molecule has 3 rings (SSSR count). The lowest BCUT2D eigenvalue weighted by Crippen LogP contribution is -2.33. The monoisotopic (exact) mass is 439 g/mol. The lowest BCUT2D eigenvalue weighted by Gasteiger charge is -2.09. The van der Waals surface area contributed by atoms with Gasteiger partial charge >= 0.3 is 5.97 Å². The molecule has 2 aromatic rings. The highest BCUT2D eigenvalue weighted by Crippen LogP contribution is 2.30. The molecule has 1 atom stereocenters. The fraction of sp³-hybridized carbons (Fsp3) is 0.304. The summed E-state index contributed by atoms with van der Waals surface area (Å²) in [7, 11) is 1.65. The van der Waals surface area contributed by atoms with Gasteiger partial charge in [-0.3, -0.25) is 14.5 Å². The van der Waals surface area contributed by atoms with Crippen LogP contribution in [0, 0.1) is 0 Å². The van der Waals surface area contributed by atoms with Crippen LogP contribution >= 0.6 is 11.8 Å². The van der Waals surface area contributed by atoms with E-state index in [1.807, 2.05) is 30.3 Å². The molecule has 2 aromatic carbocycles. The molecule has 0 saturated carbocycles. The average Bonchev–Trinajstić information content (AvgIpc) is 3.03. The quantitative estimate of drug-likeness (QED) is 0.639. The van der Waals surface area contributed by atoms with Crippen molar-refractivity contribution < 1.29 is 19.1 Å². The molecule has 0 aromatic heterocycles. The molecule has 0 spiro atoms. The first kappa shape index (κ1) is 22.6. The second-order valence-corrected chi connectivity index (χ2v) is 8.13. The number of amidine groups is 1. The maximum absolute atomic E-state index is 12.5. The van der Waals surface area contributed by atoms with E-state index in [4.69, 9.17) is 4.74 Å². The Labute approximate surface area is 185 Å². The molecule has 2 amide bonds. The third kappa shape index (κ3) is 6.18. The molecule has 0 aliphatic carbocycles. The van der Waals surface area contributed by atoms with Crippen molar-refractivity contribution in [2.24, 2.45) is 4.99 Å². The Morgan fingerprint density at radius 2 is 1.84 bits per heavy atom. The van der Waals surface area contributed by atoms with Gasteiger partial charge in [0.15, 0.2) is 5.17 Å². The number of aliphatic imine (C=N–C) groups is 1. The predicted octanol–water partition coefficient (Wildman–Crippen LogP) is 3.17. The summed E-state index contributed by atoms with van der Waals surface area (Å²) in [6.45, 7) is 2.59. The highest BCUT2D eigenvalue weighted by atomic mass is 32.2. The van der Waals surface area contributed by atoms with Crippen molar-refractivity contribution in [3.05, 3.63) is 65.7 Å². The van der Waals surface area contributed by atoms with Crippen LogP contribution in [0.2, 0.25) is 0 Å². The van der Waals surface area contributed by atoms with Gasteiger partial charge in [0.1, 0.15) is 5.25 Å². The first-order valence-corrected chi connectivity index (χ1v) is 11.0. The van der Waals surface area contributed by atoms with Crippen LogP contribution in [-0.2, 0) is 20.7 Å². The number of esters is 1. The van der Waals surface area contributed by atoms with E-state index < -0.39 is 5.25 Å². The number of hydrogen-bond acceptors (Lipinski definition) is 6. The molecule has 1 aliphatic rings. The van der Waals surface area contributed by atoms with Gasteiger partial charge < -0.3 is 10.1 Å². The van der Waals surface area contributed by atoms with Gasteiger partial charge in [-0.05, 0) is 43.2 Å². The van der Waals surface area contributed by atoms with Crippen LogP contribution < -0.4 is 5.32 Å². The molecule has 1 fully saturated rings. The van der Waals surface area contributed by atoms with Gasteiger partial charge in [-0.1, -0.05) is 42.1 Å². The van der Waals surface area contributed by atoms with Crippen molar-refractivity contribution in [2.45, 2.75) is 25.0 Å². The van der Waals surface area contributed by atoms with Crippen LogP contribution in [0.3, 0.4) is 0 Å². The molecule has 1 N–H and O–H groups in total. The fourth-order valence-corrected chi connectivity index (χ4v) is 4.18. The molecular formula is C23H25N3O4S. The first-order chi connectivity index (χ1) is 15.0. The van der Waals surface area contributed by atoms with Crippen molar-refractivity contribution in [1.29, 1.82) is 0 Å². The molecule has 0 radical (unpaired) electrons. The topological polar surface area (TPSA) is 88.1 Å². The third-order valence-corrected chi connectivity index (χ3v) is 5.92. The molecule has 7 nitrogen and oxygen atoms in total. The zero-order valence-corrected chi connectivity index (χ0v) is 18.4. The SMILES string of the molecule is CCOC(=O)c1ccc(N=C2S[C@@H](CC(=O)NCCc3ccccc3)C(=O)N2C)cc1. The van der Waals surface area contributed by atoms with Crippen LogP contribution in [0.25, 0.3) is 0 Å². The second kappa shape index (κ2) is 10.8. The number of rotatable bonds is 8. The van der Waals surface area contributed by atoms with E-state index in [1.54, 1.807) is 38.2 Å². The van der Waals surface area contributed by atoms with E-state index in [1.165, 1.54) is 16.7 Å². The zero-order valence-electron chi connectivity index (χ0n) is 17.5. The normalized spacial score (nSPS) is 17.1. The minimum Gasteiger partial charge on any atom is -0.462 e. The summed E-state index contributed by atoms with van der Waals surface area (Å²) in [5, 5.41) is 2.90. The number of carbonyl (C=O) groups is 3. The Morgan fingerprint density at radius 3 is 2.52 bits per heavy atom. The summed E-state index contributed by atoms with van der Waals surface area (Å²) in [5.74, 6) is -0.692. The van der Waals surface area contributed by atoms with Gasteiger partial charge in [0, 0.05) is 20.0 Å². The van der Waals surface area contributed by atoms with Gasteiger partial charge in [-0.25, -0.2) is 9.79 Å². The van der Waals surface area contributed by atoms with Crippen molar-refractivity contribution in [3.8, 4) is 0 Å². The Kier molecular flexibility index (Phi) is 7.83. The first-order valence-electron chi connectivity index (χ1n) is 10.1. The second-order valence-electron chi connectivity index (χ2n) is 6.96. The van der Waals surface area contributed by atoms with E-state index in [9.17, 15) is 14.4 Å². The molecule has 162 valence electrons. The van der Waals surface area contributed by atoms with Gasteiger partial charge in [-0.2, -0.15) is 0 Å². The molecule has 0 unspecified atom stereocenters. The molecule has 1 aliphatic heterocycles. The molecule has 31 heavy (non-hydrogen) atoms. The summed E-state index contributed by atoms with van der Waals surface area (Å²) in [4.78, 5) is 42.5. The minimum atomic E-state index is -0.501. The minimum absolute atomic E-state index is 0.101. The summed E-state index contributed by atoms with van der Waals surface area (Å²) in [6, 6.07) is 16.6. The van der Waals surface area contributed by atoms with Crippen LogP contribution in [-0.4, -0.2) is 53.3 Å². The fourth-order valence-electron chi connectivity index (χ4n) is 3.03. The molecule has 0 bridgehead atoms. The van der Waals surface area contributed by atoms with E-state index in [-0.39, 0.29) is 24.2 Å². The zero-order chi connectivity index (χ0) is 22.2. The number of nitrogens with zero attached hydrogens (tertiary/aromatic N) is 2. The Balaban J connectivity index is 1.54. The van der Waals surface area contributed by atoms with Crippen molar-refractivity contribution in [3.63, 3.8) is 0 Å². The number of amides is 2. The van der Waals surface area contributed by atoms with Crippen molar-refractivity contribution in [1.82, 2.24) is 10.2 Å². The molecule has 1 heterocycles. The number of benzene rings is 2. The number of thioether (sulfide) groups is 1. The van der Waals surface area contributed by atoms with E-state index >= 15 is 0 Å². The van der Waals surface area contributed by atoms with Crippen molar-refractivity contribution in [2.75, 3.05) is 20.2 Å². The maximum Gasteiger partial charge on any atom is 0.338 e. The highest BCUT2D eigenvalue weighted by Gasteiger charge is 2.36. The number of ether oxygens (including phenoxy) is 1. The van der Waals surface area contributed by atoms with E-state index in [0.717, 1.165) is 12.0 Å². The largest absolute Gasteiger partial charge is 0.462 e. The summed E-state index contributed by atoms with van der Waals surface area (Å²) in [6.07, 6.45) is 0.843. The van der Waals surface area contributed by atoms with Gasteiger partial charge in [0.2, 0.25) is 11.8 Å².